The van der Waals surface area contributed by atoms with E-state index in [1.54, 1.807) is 0 Å². The number of hydrogen-bond acceptors (Lipinski definition) is 4. The molecule has 1 N–H and O–H groups in total. The van der Waals surface area contributed by atoms with Crippen molar-refractivity contribution in [3.8, 4) is 0 Å². The number of aliphatic hydroxyl groups is 1. The third-order valence-corrected chi connectivity index (χ3v) is 3.46. The van der Waals surface area contributed by atoms with E-state index in [9.17, 15) is 4.79 Å². The summed E-state index contributed by atoms with van der Waals surface area (Å²) in [6.07, 6.45) is 2.19. The van der Waals surface area contributed by atoms with Crippen LogP contribution in [0.5, 0.6) is 0 Å². The Morgan fingerprint density at radius 3 is 3.06 bits per heavy atom. The zero-order valence-electron chi connectivity index (χ0n) is 9.76. The molecule has 92 valence electrons. The van der Waals surface area contributed by atoms with E-state index in [0.717, 1.165) is 25.9 Å². The molecule has 2 aliphatic rings. The van der Waals surface area contributed by atoms with Crippen molar-refractivity contribution in [2.75, 3.05) is 32.8 Å². The maximum atomic E-state index is 11.8. The van der Waals surface area contributed by atoms with Crippen LogP contribution in [0, 0.1) is 0 Å². The minimum absolute atomic E-state index is 0.0113. The fourth-order valence-corrected chi connectivity index (χ4v) is 2.57. The lowest BCUT2D eigenvalue weighted by molar-refractivity contribution is -0.159. The van der Waals surface area contributed by atoms with E-state index in [1.165, 1.54) is 0 Å². The average Bonchev–Trinajstić information content (AvgIpc) is 2.77. The van der Waals surface area contributed by atoms with Gasteiger partial charge in [0.2, 0.25) is 5.91 Å². The van der Waals surface area contributed by atoms with Crippen molar-refractivity contribution in [3.05, 3.63) is 0 Å². The molecular weight excluding hydrogens is 208 g/mol. The fraction of sp³-hybridized carbons (Fsp3) is 0.909. The summed E-state index contributed by atoms with van der Waals surface area (Å²) in [5.74, 6) is 0.0510. The summed E-state index contributed by atoms with van der Waals surface area (Å²) in [7, 11) is 0. The smallest absolute Gasteiger partial charge is 0.249 e. The van der Waals surface area contributed by atoms with E-state index in [0.29, 0.717) is 6.54 Å². The fourth-order valence-electron chi connectivity index (χ4n) is 2.57. The summed E-state index contributed by atoms with van der Waals surface area (Å²) in [5, 5.41) is 9.08. The lowest BCUT2D eigenvalue weighted by Gasteiger charge is -2.39. The molecule has 0 aliphatic carbocycles. The number of aliphatic hydroxyl groups excluding tert-OH is 1. The molecule has 2 rings (SSSR count). The first-order valence-electron chi connectivity index (χ1n) is 6.02. The third-order valence-electron chi connectivity index (χ3n) is 3.46. The monoisotopic (exact) mass is 228 g/mol. The van der Waals surface area contributed by atoms with Gasteiger partial charge in [-0.2, -0.15) is 0 Å². The van der Waals surface area contributed by atoms with Gasteiger partial charge in [0.05, 0.1) is 25.4 Å². The maximum Gasteiger partial charge on any atom is 0.249 e. The molecule has 5 heteroatoms. The van der Waals surface area contributed by atoms with Gasteiger partial charge in [0.25, 0.3) is 0 Å². The number of ether oxygens (including phenoxy) is 1. The Morgan fingerprint density at radius 1 is 1.56 bits per heavy atom. The van der Waals surface area contributed by atoms with Gasteiger partial charge in [-0.3, -0.25) is 9.69 Å². The number of likely N-dealkylation sites (tertiary alicyclic amines) is 1. The van der Waals surface area contributed by atoms with Crippen molar-refractivity contribution in [2.24, 2.45) is 0 Å². The Bertz CT molecular complexity index is 260. The van der Waals surface area contributed by atoms with E-state index in [4.69, 9.17) is 9.84 Å². The molecule has 0 aromatic heterocycles. The van der Waals surface area contributed by atoms with Crippen LogP contribution in [0.4, 0.5) is 0 Å². The van der Waals surface area contributed by atoms with E-state index in [-0.39, 0.29) is 31.4 Å². The maximum absolute atomic E-state index is 11.8. The number of hydrogen-bond donors (Lipinski definition) is 1. The molecule has 0 bridgehead atoms. The van der Waals surface area contributed by atoms with Gasteiger partial charge < -0.3 is 14.7 Å². The lowest BCUT2D eigenvalue weighted by atomic mass is 10.2. The van der Waals surface area contributed by atoms with Gasteiger partial charge in [-0.15, -0.1) is 0 Å². The van der Waals surface area contributed by atoms with Crippen LogP contribution in [0.25, 0.3) is 0 Å². The molecule has 2 unspecified atom stereocenters. The third kappa shape index (κ3) is 2.21. The van der Waals surface area contributed by atoms with Gasteiger partial charge in [-0.1, -0.05) is 6.92 Å². The topological polar surface area (TPSA) is 53.0 Å². The second-order valence-corrected chi connectivity index (χ2v) is 4.41. The largest absolute Gasteiger partial charge is 0.394 e. The molecule has 0 saturated carbocycles. The summed E-state index contributed by atoms with van der Waals surface area (Å²) >= 11 is 0. The highest BCUT2D eigenvalue weighted by atomic mass is 16.5. The molecule has 0 spiro atoms. The molecular formula is C11H20N2O3. The number of morpholine rings is 1. The van der Waals surface area contributed by atoms with Crippen LogP contribution in [-0.4, -0.2) is 65.9 Å². The molecule has 2 heterocycles. The minimum Gasteiger partial charge on any atom is -0.394 e. The van der Waals surface area contributed by atoms with Crippen LogP contribution < -0.4 is 0 Å². The van der Waals surface area contributed by atoms with Crippen molar-refractivity contribution in [2.45, 2.75) is 32.0 Å². The van der Waals surface area contributed by atoms with Crippen molar-refractivity contribution in [3.63, 3.8) is 0 Å². The van der Waals surface area contributed by atoms with Crippen LogP contribution in [0.2, 0.25) is 0 Å². The molecule has 0 aromatic carbocycles. The second-order valence-electron chi connectivity index (χ2n) is 4.41. The standard InChI is InChI=1S/C11H20N2O3/c1-2-12-5-3-4-10(12)13-6-9(7-14)16-8-11(13)15/h9-10,14H,2-8H2,1H3. The van der Waals surface area contributed by atoms with Gasteiger partial charge in [-0.05, 0) is 19.4 Å². The Balaban J connectivity index is 2.02. The predicted octanol–water partition coefficient (Wildman–Crippen LogP) is -0.352. The van der Waals surface area contributed by atoms with Crippen LogP contribution in [0.1, 0.15) is 19.8 Å². The highest BCUT2D eigenvalue weighted by Crippen LogP contribution is 2.22. The second kappa shape index (κ2) is 5.12. The van der Waals surface area contributed by atoms with Crippen molar-refractivity contribution >= 4 is 5.91 Å². The van der Waals surface area contributed by atoms with E-state index >= 15 is 0 Å². The number of carbonyl (C=O) groups excluding carboxylic acids is 1. The van der Waals surface area contributed by atoms with Crippen LogP contribution in [0.15, 0.2) is 0 Å². The zero-order chi connectivity index (χ0) is 11.5. The van der Waals surface area contributed by atoms with Crippen molar-refractivity contribution < 1.29 is 14.6 Å². The molecule has 2 saturated heterocycles. The molecule has 16 heavy (non-hydrogen) atoms. The number of amides is 1. The molecule has 2 fully saturated rings. The molecule has 5 nitrogen and oxygen atoms in total. The molecule has 1 amide bonds. The Morgan fingerprint density at radius 2 is 2.38 bits per heavy atom. The van der Waals surface area contributed by atoms with Gasteiger partial charge in [-0.25, -0.2) is 0 Å². The number of nitrogens with zero attached hydrogens (tertiary/aromatic N) is 2. The minimum atomic E-state index is -0.211. The van der Waals surface area contributed by atoms with Gasteiger partial charge in [0, 0.05) is 6.54 Å². The quantitative estimate of drug-likeness (QED) is 0.717. The summed E-state index contributed by atoms with van der Waals surface area (Å²) in [6.45, 7) is 4.78. The summed E-state index contributed by atoms with van der Waals surface area (Å²) in [5.41, 5.74) is 0. The Kier molecular flexibility index (Phi) is 3.78. The molecule has 0 aromatic rings. The molecule has 2 atom stereocenters. The van der Waals surface area contributed by atoms with Crippen LogP contribution in [0.3, 0.4) is 0 Å². The first-order valence-corrected chi connectivity index (χ1v) is 6.02. The first kappa shape index (κ1) is 11.8. The van der Waals surface area contributed by atoms with Crippen LogP contribution in [-0.2, 0) is 9.53 Å². The van der Waals surface area contributed by atoms with Gasteiger partial charge in [0.15, 0.2) is 0 Å². The van der Waals surface area contributed by atoms with Crippen molar-refractivity contribution in [1.82, 2.24) is 9.80 Å². The average molecular weight is 228 g/mol. The summed E-state index contributed by atoms with van der Waals surface area (Å²) in [4.78, 5) is 16.0. The lowest BCUT2D eigenvalue weighted by Crippen LogP contribution is -2.56. The van der Waals surface area contributed by atoms with Crippen LogP contribution >= 0.6 is 0 Å². The normalized spacial score (nSPS) is 32.4. The van der Waals surface area contributed by atoms with E-state index < -0.39 is 0 Å². The SMILES string of the molecule is CCN1CCCC1N1CC(CO)OCC1=O. The zero-order valence-corrected chi connectivity index (χ0v) is 9.76. The number of rotatable bonds is 3. The van der Waals surface area contributed by atoms with Gasteiger partial charge in [0.1, 0.15) is 6.61 Å². The highest BCUT2D eigenvalue weighted by molar-refractivity contribution is 5.78. The van der Waals surface area contributed by atoms with E-state index in [2.05, 4.69) is 11.8 Å². The molecule has 2 aliphatic heterocycles. The summed E-state index contributed by atoms with van der Waals surface area (Å²) < 4.78 is 5.24. The van der Waals surface area contributed by atoms with Gasteiger partial charge >= 0.3 is 0 Å². The Hall–Kier alpha value is -0.650. The van der Waals surface area contributed by atoms with Crippen molar-refractivity contribution in [1.29, 1.82) is 0 Å². The van der Waals surface area contributed by atoms with E-state index in [1.807, 2.05) is 4.90 Å². The highest BCUT2D eigenvalue weighted by Gasteiger charge is 2.36. The first-order chi connectivity index (χ1) is 7.76. The molecule has 0 radical (unpaired) electrons. The summed E-state index contributed by atoms with van der Waals surface area (Å²) in [6, 6.07) is 0. The number of carbonyl (C=O) groups is 1. The predicted molar refractivity (Wildman–Crippen MR) is 58.8 cm³/mol. The Labute approximate surface area is 96.0 Å².